The third-order valence-corrected chi connectivity index (χ3v) is 5.38. The molecule has 0 amide bonds. The molecular formula is C15H15BrClFN2O. The Bertz CT molecular complexity index is 707. The van der Waals surface area contributed by atoms with Gasteiger partial charge in [0.15, 0.2) is 6.23 Å². The van der Waals surface area contributed by atoms with E-state index >= 15 is 0 Å². The van der Waals surface area contributed by atoms with Crippen LogP contribution >= 0.6 is 27.5 Å². The molecule has 6 heteroatoms. The highest BCUT2D eigenvalue weighted by Crippen LogP contribution is 2.55. The first-order valence-electron chi connectivity index (χ1n) is 7.26. The molecule has 2 aliphatic rings. The van der Waals surface area contributed by atoms with Crippen molar-refractivity contribution in [1.29, 1.82) is 0 Å². The number of fused-ring (bicyclic) bond motifs is 1. The Balaban J connectivity index is 1.85. The Morgan fingerprint density at radius 2 is 2.24 bits per heavy atom. The van der Waals surface area contributed by atoms with Gasteiger partial charge in [0.25, 0.3) is 0 Å². The molecule has 1 atom stereocenters. The van der Waals surface area contributed by atoms with Gasteiger partial charge in [-0.1, -0.05) is 27.5 Å². The van der Waals surface area contributed by atoms with E-state index in [2.05, 4.69) is 21.0 Å². The molecule has 0 N–H and O–H groups in total. The first-order chi connectivity index (χ1) is 10.1. The maximum Gasteiger partial charge on any atom is 0.150 e. The highest BCUT2D eigenvalue weighted by molar-refractivity contribution is 9.10. The van der Waals surface area contributed by atoms with E-state index in [1.807, 2.05) is 10.7 Å². The molecular weight excluding hydrogens is 359 g/mol. The summed E-state index contributed by atoms with van der Waals surface area (Å²) >= 11 is 9.94. The lowest BCUT2D eigenvalue weighted by molar-refractivity contribution is -0.0366. The predicted molar refractivity (Wildman–Crippen MR) is 83.3 cm³/mol. The van der Waals surface area contributed by atoms with Crippen molar-refractivity contribution in [3.63, 3.8) is 0 Å². The number of alkyl halides is 1. The minimum absolute atomic E-state index is 0.0506. The predicted octanol–water partition coefficient (Wildman–Crippen LogP) is 5.11. The van der Waals surface area contributed by atoms with Crippen molar-refractivity contribution in [2.45, 2.75) is 44.0 Å². The number of benzene rings is 1. The van der Waals surface area contributed by atoms with E-state index < -0.39 is 5.67 Å². The van der Waals surface area contributed by atoms with Crippen LogP contribution in [0.5, 0.6) is 0 Å². The Hall–Kier alpha value is -0.650. The number of ether oxygens (including phenoxy) is 1. The van der Waals surface area contributed by atoms with Gasteiger partial charge in [0.1, 0.15) is 5.67 Å². The molecule has 1 saturated heterocycles. The lowest BCUT2D eigenvalue weighted by Crippen LogP contribution is -2.19. The second-order valence-electron chi connectivity index (χ2n) is 5.86. The molecule has 2 heterocycles. The Labute approximate surface area is 135 Å². The van der Waals surface area contributed by atoms with Crippen LogP contribution in [0.1, 0.15) is 43.9 Å². The van der Waals surface area contributed by atoms with E-state index in [1.54, 1.807) is 6.20 Å². The second-order valence-corrected chi connectivity index (χ2v) is 7.09. The molecule has 4 rings (SSSR count). The topological polar surface area (TPSA) is 27.1 Å². The summed E-state index contributed by atoms with van der Waals surface area (Å²) in [5.41, 5.74) is 0.195. The summed E-state index contributed by atoms with van der Waals surface area (Å²) in [6, 6.07) is 1.92. The van der Waals surface area contributed by atoms with Gasteiger partial charge in [-0.2, -0.15) is 5.10 Å². The molecule has 112 valence electrons. The Morgan fingerprint density at radius 1 is 1.43 bits per heavy atom. The monoisotopic (exact) mass is 372 g/mol. The van der Waals surface area contributed by atoms with E-state index in [-0.39, 0.29) is 6.23 Å². The van der Waals surface area contributed by atoms with Crippen LogP contribution in [-0.2, 0) is 10.4 Å². The smallest absolute Gasteiger partial charge is 0.150 e. The van der Waals surface area contributed by atoms with Gasteiger partial charge < -0.3 is 4.74 Å². The van der Waals surface area contributed by atoms with Gasteiger partial charge in [-0.3, -0.25) is 0 Å². The van der Waals surface area contributed by atoms with E-state index in [0.29, 0.717) is 23.4 Å². The maximum atomic E-state index is 14.5. The highest BCUT2D eigenvalue weighted by atomic mass is 79.9. The van der Waals surface area contributed by atoms with Crippen LogP contribution in [0, 0.1) is 0 Å². The van der Waals surface area contributed by atoms with Crippen LogP contribution in [0.2, 0.25) is 5.02 Å². The zero-order chi connectivity index (χ0) is 14.6. The number of rotatable bonds is 2. The number of aromatic nitrogens is 2. The molecule has 1 aliphatic carbocycles. The van der Waals surface area contributed by atoms with Crippen LogP contribution < -0.4 is 0 Å². The van der Waals surface area contributed by atoms with Crippen molar-refractivity contribution in [3.8, 4) is 0 Å². The zero-order valence-electron chi connectivity index (χ0n) is 11.4. The van der Waals surface area contributed by atoms with Gasteiger partial charge in [-0.05, 0) is 38.2 Å². The van der Waals surface area contributed by atoms with Crippen molar-refractivity contribution in [1.82, 2.24) is 9.78 Å². The van der Waals surface area contributed by atoms with E-state index in [9.17, 15) is 4.39 Å². The molecule has 1 aliphatic heterocycles. The fourth-order valence-electron chi connectivity index (χ4n) is 3.03. The van der Waals surface area contributed by atoms with Crippen molar-refractivity contribution >= 4 is 38.4 Å². The average Bonchev–Trinajstić information content (AvgIpc) is 3.06. The van der Waals surface area contributed by atoms with Crippen LogP contribution in [0.25, 0.3) is 10.9 Å². The second kappa shape index (κ2) is 4.93. The highest BCUT2D eigenvalue weighted by Gasteiger charge is 2.48. The first kappa shape index (κ1) is 14.0. The Kier molecular flexibility index (Phi) is 3.28. The minimum Gasteiger partial charge on any atom is -0.356 e. The summed E-state index contributed by atoms with van der Waals surface area (Å²) in [5, 5.41) is 5.70. The van der Waals surface area contributed by atoms with E-state index in [1.165, 1.54) is 0 Å². The van der Waals surface area contributed by atoms with Gasteiger partial charge in [-0.25, -0.2) is 9.07 Å². The minimum atomic E-state index is -1.27. The molecule has 0 radical (unpaired) electrons. The maximum absolute atomic E-state index is 14.5. The number of nitrogens with zero attached hydrogens (tertiary/aromatic N) is 2. The normalized spacial score (nSPS) is 24.4. The summed E-state index contributed by atoms with van der Waals surface area (Å²) < 4.78 is 22.9. The molecule has 21 heavy (non-hydrogen) atoms. The largest absolute Gasteiger partial charge is 0.356 e. The van der Waals surface area contributed by atoms with Crippen molar-refractivity contribution in [2.24, 2.45) is 0 Å². The Morgan fingerprint density at radius 3 is 2.90 bits per heavy atom. The van der Waals surface area contributed by atoms with Crippen LogP contribution in [0.15, 0.2) is 16.7 Å². The average molecular weight is 374 g/mol. The summed E-state index contributed by atoms with van der Waals surface area (Å²) in [6.45, 7) is 0.757. The molecule has 1 unspecified atom stereocenters. The first-order valence-corrected chi connectivity index (χ1v) is 8.43. The van der Waals surface area contributed by atoms with E-state index in [0.717, 1.165) is 41.2 Å². The van der Waals surface area contributed by atoms with Gasteiger partial charge in [0, 0.05) is 22.0 Å². The molecule has 1 aromatic heterocycles. The summed E-state index contributed by atoms with van der Waals surface area (Å²) in [4.78, 5) is 0. The summed E-state index contributed by atoms with van der Waals surface area (Å²) in [7, 11) is 0. The number of hydrogen-bond donors (Lipinski definition) is 0. The third kappa shape index (κ3) is 2.21. The fourth-order valence-corrected chi connectivity index (χ4v) is 4.33. The molecule has 3 nitrogen and oxygen atoms in total. The summed E-state index contributed by atoms with van der Waals surface area (Å²) in [5.74, 6) is 0. The van der Waals surface area contributed by atoms with Crippen LogP contribution in [0.4, 0.5) is 4.39 Å². The zero-order valence-corrected chi connectivity index (χ0v) is 13.8. The molecule has 1 aromatic carbocycles. The molecule has 1 saturated carbocycles. The van der Waals surface area contributed by atoms with Crippen molar-refractivity contribution < 1.29 is 9.13 Å². The summed E-state index contributed by atoms with van der Waals surface area (Å²) in [6.07, 6.45) is 5.91. The van der Waals surface area contributed by atoms with Crippen molar-refractivity contribution in [3.05, 3.63) is 27.3 Å². The fraction of sp³-hybridized carbons (Fsp3) is 0.533. The van der Waals surface area contributed by atoms with Gasteiger partial charge in [0.05, 0.1) is 16.7 Å². The number of halogens is 3. The van der Waals surface area contributed by atoms with Gasteiger partial charge >= 0.3 is 0 Å². The van der Waals surface area contributed by atoms with E-state index in [4.69, 9.17) is 16.3 Å². The quantitative estimate of drug-likeness (QED) is 0.731. The molecule has 2 fully saturated rings. The van der Waals surface area contributed by atoms with Gasteiger partial charge in [0.2, 0.25) is 0 Å². The number of hydrogen-bond acceptors (Lipinski definition) is 2. The third-order valence-electron chi connectivity index (χ3n) is 4.36. The molecule has 2 aromatic rings. The molecule has 0 spiro atoms. The van der Waals surface area contributed by atoms with Crippen LogP contribution in [0.3, 0.4) is 0 Å². The SMILES string of the molecule is FC1(c2c(Br)cc3c(cnn3C3CCCCO3)c2Cl)CC1. The van der Waals surface area contributed by atoms with Crippen LogP contribution in [-0.4, -0.2) is 16.4 Å². The lowest BCUT2D eigenvalue weighted by Gasteiger charge is -2.23. The lowest BCUT2D eigenvalue weighted by atomic mass is 10.1. The van der Waals surface area contributed by atoms with Gasteiger partial charge in [-0.15, -0.1) is 0 Å². The standard InChI is InChI=1S/C15H15BrClFN2O/c16-10-7-11-9(14(17)13(10)15(18)4-5-15)8-19-20(11)12-3-1-2-6-21-12/h7-8,12H,1-6H2. The van der Waals surface area contributed by atoms with Crippen molar-refractivity contribution in [2.75, 3.05) is 6.61 Å². The molecule has 0 bridgehead atoms.